The van der Waals surface area contributed by atoms with Crippen molar-refractivity contribution in [2.75, 3.05) is 0 Å². The molecular formula is C32H27N2O7P. The van der Waals surface area contributed by atoms with Crippen molar-refractivity contribution in [3.05, 3.63) is 131 Å². The highest BCUT2D eigenvalue weighted by atomic mass is 31.2. The monoisotopic (exact) mass is 582 g/mol. The standard InChI is InChI=1S/C32H27N2O7P/c35-29-20-25(21-30(36)37)33(29)31(32(38)41-22-23-16-18-24(19-17-23)34(39)40)42(26-10-4-1-5-11-26,27-12-6-2-7-13-27)28-14-8-3-9-15-28/h1-19,25H,20-22H2,(H,36,37). The molecule has 4 aromatic carbocycles. The Morgan fingerprint density at radius 2 is 1.31 bits per heavy atom. The van der Waals surface area contributed by atoms with Crippen LogP contribution < -0.4 is 15.9 Å². The normalized spacial score (nSPS) is 14.5. The number of likely N-dealkylation sites (tertiary alicyclic amines) is 1. The molecule has 1 aliphatic rings. The Morgan fingerprint density at radius 1 is 0.833 bits per heavy atom. The van der Waals surface area contributed by atoms with Crippen LogP contribution in [0.4, 0.5) is 5.69 Å². The summed E-state index contributed by atoms with van der Waals surface area (Å²) in [6, 6.07) is 33.2. The smallest absolute Gasteiger partial charge is 0.356 e. The second kappa shape index (κ2) is 12.2. The average Bonchev–Trinajstić information content (AvgIpc) is 3.01. The number of hydrogen-bond donors (Lipinski definition) is 1. The summed E-state index contributed by atoms with van der Waals surface area (Å²) in [5.74, 6) is -2.21. The third-order valence-corrected chi connectivity index (χ3v) is 11.4. The minimum atomic E-state index is -3.14. The van der Waals surface area contributed by atoms with E-state index in [1.54, 1.807) is 0 Å². The van der Waals surface area contributed by atoms with Crippen molar-refractivity contribution in [2.45, 2.75) is 25.5 Å². The van der Waals surface area contributed by atoms with Crippen molar-refractivity contribution >= 4 is 51.8 Å². The maximum absolute atomic E-state index is 14.4. The number of nitro groups is 1. The predicted molar refractivity (Wildman–Crippen MR) is 161 cm³/mol. The summed E-state index contributed by atoms with van der Waals surface area (Å²) in [7, 11) is 0. The molecule has 0 radical (unpaired) electrons. The molecule has 9 nitrogen and oxygen atoms in total. The summed E-state index contributed by atoms with van der Waals surface area (Å²) in [5.41, 5.74) is 0.520. The Labute approximate surface area is 242 Å². The second-order valence-electron chi connectivity index (χ2n) is 9.72. The molecular weight excluding hydrogens is 555 g/mol. The number of benzene rings is 4. The molecule has 4 aromatic rings. The number of carbonyl (C=O) groups excluding carboxylic acids is 2. The van der Waals surface area contributed by atoms with E-state index >= 15 is 0 Å². The Bertz CT molecular complexity index is 1570. The Hall–Kier alpha value is -5.01. The highest BCUT2D eigenvalue weighted by molar-refractivity contribution is 7.96. The zero-order chi connectivity index (χ0) is 29.7. The number of hydrogen-bond acceptors (Lipinski definition) is 6. The molecule has 0 aromatic heterocycles. The summed E-state index contributed by atoms with van der Waals surface area (Å²) in [4.78, 5) is 51.4. The van der Waals surface area contributed by atoms with Crippen molar-refractivity contribution in [3.8, 4) is 0 Å². The molecule has 0 spiro atoms. The van der Waals surface area contributed by atoms with Crippen LogP contribution in [0.5, 0.6) is 0 Å². The van der Waals surface area contributed by atoms with Gasteiger partial charge < -0.3 is 14.7 Å². The minimum absolute atomic E-state index is 0.0101. The zero-order valence-electron chi connectivity index (χ0n) is 22.4. The van der Waals surface area contributed by atoms with E-state index in [4.69, 9.17) is 4.74 Å². The SMILES string of the molecule is O=C(O)CC1CC(=O)N1C(C(=O)OCc1ccc([N+](=O)[O-])cc1)=P(c1ccccc1)(c1ccccc1)c1ccccc1. The van der Waals surface area contributed by atoms with E-state index in [9.17, 15) is 29.6 Å². The number of esters is 1. The molecule has 0 saturated carbocycles. The molecule has 5 rings (SSSR count). The van der Waals surface area contributed by atoms with E-state index in [0.29, 0.717) is 5.56 Å². The molecule has 1 N–H and O–H groups in total. The lowest BCUT2D eigenvalue weighted by molar-refractivity contribution is -0.384. The van der Waals surface area contributed by atoms with Gasteiger partial charge in [0.15, 0.2) is 0 Å². The second-order valence-corrected chi connectivity index (χ2v) is 13.0. The van der Waals surface area contributed by atoms with Gasteiger partial charge in [-0.25, -0.2) is 4.79 Å². The predicted octanol–water partition coefficient (Wildman–Crippen LogP) is 3.84. The largest absolute Gasteiger partial charge is 0.481 e. The van der Waals surface area contributed by atoms with Crippen LogP contribution in [0, 0.1) is 10.1 Å². The molecule has 1 saturated heterocycles. The number of β-lactam (4-membered cyclic amide) rings is 1. The summed E-state index contributed by atoms with van der Waals surface area (Å²) >= 11 is 0. The number of rotatable bonds is 10. The molecule has 42 heavy (non-hydrogen) atoms. The lowest BCUT2D eigenvalue weighted by Crippen LogP contribution is -2.60. The number of amides is 1. The van der Waals surface area contributed by atoms with Gasteiger partial charge in [-0.2, -0.15) is 0 Å². The maximum atomic E-state index is 14.4. The third kappa shape index (κ3) is 5.47. The molecule has 1 aliphatic heterocycles. The fourth-order valence-corrected chi connectivity index (χ4v) is 9.65. The number of nitrogens with zero attached hydrogens (tertiary/aromatic N) is 2. The van der Waals surface area contributed by atoms with Crippen LogP contribution in [0.2, 0.25) is 0 Å². The maximum Gasteiger partial charge on any atom is 0.356 e. The molecule has 212 valence electrons. The highest BCUT2D eigenvalue weighted by Crippen LogP contribution is 2.49. The Balaban J connectivity index is 1.78. The number of carboxylic acid groups (broad SMARTS) is 1. The van der Waals surface area contributed by atoms with Gasteiger partial charge in [-0.3, -0.25) is 19.7 Å². The fourth-order valence-electron chi connectivity index (χ4n) is 5.23. The van der Waals surface area contributed by atoms with Gasteiger partial charge in [0.2, 0.25) is 5.91 Å². The van der Waals surface area contributed by atoms with Crippen LogP contribution in [-0.4, -0.2) is 44.2 Å². The molecule has 1 fully saturated rings. The van der Waals surface area contributed by atoms with Gasteiger partial charge >= 0.3 is 11.9 Å². The number of aliphatic carboxylic acids is 1. The van der Waals surface area contributed by atoms with Crippen LogP contribution in [-0.2, 0) is 25.7 Å². The molecule has 10 heteroatoms. The first-order valence-corrected chi connectivity index (χ1v) is 15.0. The Morgan fingerprint density at radius 3 is 1.71 bits per heavy atom. The topological polar surface area (TPSA) is 127 Å². The van der Waals surface area contributed by atoms with Crippen molar-refractivity contribution in [1.82, 2.24) is 4.90 Å². The summed E-state index contributed by atoms with van der Waals surface area (Å²) < 4.78 is 5.86. The summed E-state index contributed by atoms with van der Waals surface area (Å²) in [5, 5.41) is 23.1. The molecule has 0 aliphatic carbocycles. The minimum Gasteiger partial charge on any atom is -0.481 e. The van der Waals surface area contributed by atoms with E-state index in [0.717, 1.165) is 15.9 Å². The molecule has 1 atom stereocenters. The summed E-state index contributed by atoms with van der Waals surface area (Å²) in [6.07, 6.45) is -0.340. The first-order valence-electron chi connectivity index (χ1n) is 13.2. The van der Waals surface area contributed by atoms with E-state index in [-0.39, 0.29) is 36.5 Å². The van der Waals surface area contributed by atoms with Crippen molar-refractivity contribution in [1.29, 1.82) is 0 Å². The summed E-state index contributed by atoms with van der Waals surface area (Å²) in [6.45, 7) is -3.34. The quantitative estimate of drug-likeness (QED) is 0.0990. The van der Waals surface area contributed by atoms with Crippen LogP contribution in [0.1, 0.15) is 18.4 Å². The van der Waals surface area contributed by atoms with Crippen molar-refractivity contribution in [3.63, 3.8) is 0 Å². The third-order valence-electron chi connectivity index (χ3n) is 7.13. The van der Waals surface area contributed by atoms with Crippen LogP contribution in [0.15, 0.2) is 115 Å². The number of non-ortho nitro benzene ring substituents is 1. The van der Waals surface area contributed by atoms with E-state index < -0.39 is 29.8 Å². The first-order chi connectivity index (χ1) is 20.3. The van der Waals surface area contributed by atoms with E-state index in [1.807, 2.05) is 91.0 Å². The molecule has 0 bridgehead atoms. The van der Waals surface area contributed by atoms with Crippen molar-refractivity contribution in [2.24, 2.45) is 0 Å². The molecule has 1 heterocycles. The van der Waals surface area contributed by atoms with Crippen LogP contribution >= 0.6 is 6.89 Å². The average molecular weight is 583 g/mol. The van der Waals surface area contributed by atoms with Gasteiger partial charge in [0.25, 0.3) is 5.69 Å². The lowest BCUT2D eigenvalue weighted by atomic mass is 9.99. The number of ether oxygens (including phenoxy) is 1. The van der Waals surface area contributed by atoms with Crippen molar-refractivity contribution < 1.29 is 29.2 Å². The van der Waals surface area contributed by atoms with Gasteiger partial charge in [-0.05, 0) is 33.6 Å². The zero-order valence-corrected chi connectivity index (χ0v) is 23.3. The van der Waals surface area contributed by atoms with Gasteiger partial charge in [-0.1, -0.05) is 91.0 Å². The van der Waals surface area contributed by atoms with E-state index in [2.05, 4.69) is 0 Å². The number of carboxylic acids is 1. The highest BCUT2D eigenvalue weighted by Gasteiger charge is 2.47. The molecule has 1 amide bonds. The lowest BCUT2D eigenvalue weighted by Gasteiger charge is -2.44. The number of nitro benzene ring substituents is 1. The van der Waals surface area contributed by atoms with Crippen LogP contribution in [0.25, 0.3) is 0 Å². The van der Waals surface area contributed by atoms with Gasteiger partial charge in [0.05, 0.1) is 17.4 Å². The van der Waals surface area contributed by atoms with E-state index in [1.165, 1.54) is 29.2 Å². The van der Waals surface area contributed by atoms with Gasteiger partial charge in [-0.15, -0.1) is 0 Å². The molecule has 1 unspecified atom stereocenters. The Kier molecular flexibility index (Phi) is 8.31. The first kappa shape index (κ1) is 28.5. The number of carbonyl (C=O) groups is 3. The van der Waals surface area contributed by atoms with Crippen LogP contribution in [0.3, 0.4) is 0 Å². The fraction of sp³-hybridized carbons (Fsp3) is 0.125. The van der Waals surface area contributed by atoms with Gasteiger partial charge in [0.1, 0.15) is 12.0 Å². The van der Waals surface area contributed by atoms with Gasteiger partial charge in [0, 0.05) is 25.4 Å².